The normalized spacial score (nSPS) is 13.5. The molecule has 2 aromatic carbocycles. The van der Waals surface area contributed by atoms with E-state index in [1.807, 2.05) is 12.1 Å². The van der Waals surface area contributed by atoms with Gasteiger partial charge in [-0.05, 0) is 41.8 Å². The minimum atomic E-state index is -1.14. The number of carbonyl (C=O) groups is 2. The summed E-state index contributed by atoms with van der Waals surface area (Å²) in [5, 5.41) is 12.9. The minimum Gasteiger partial charge on any atom is -0.477 e. The molecule has 0 bridgehead atoms. The summed E-state index contributed by atoms with van der Waals surface area (Å²) < 4.78 is 10.4. The van der Waals surface area contributed by atoms with E-state index < -0.39 is 11.9 Å². The summed E-state index contributed by atoms with van der Waals surface area (Å²) in [6.45, 7) is 0. The first-order valence-electron chi connectivity index (χ1n) is 7.55. The number of hydrogen-bond acceptors (Lipinski definition) is 5. The predicted molar refractivity (Wildman–Crippen MR) is 101 cm³/mol. The van der Waals surface area contributed by atoms with Crippen molar-refractivity contribution in [2.45, 2.75) is 0 Å². The van der Waals surface area contributed by atoms with Crippen LogP contribution in [0, 0.1) is 0 Å². The average molecular weight is 387 g/mol. The predicted octanol–water partition coefficient (Wildman–Crippen LogP) is 3.97. The zero-order chi connectivity index (χ0) is 18.4. The third-order valence-electron chi connectivity index (χ3n) is 4.12. The molecule has 0 fully saturated rings. The monoisotopic (exact) mass is 386 g/mol. The maximum atomic E-state index is 12.0. The maximum absolute atomic E-state index is 12.0. The standard InChI is InChI=1S/C19H11ClO5S/c1-24-19(23)14-8-12-13(20)5-4-10-11(15(12)17(26-14)18(21)22)7-9-3-2-6-25-16(9)10/h2-8H,1H3,(H,21,22). The lowest BCUT2D eigenvalue weighted by atomic mass is 10.1. The molecule has 1 aliphatic heterocycles. The van der Waals surface area contributed by atoms with E-state index in [-0.39, 0.29) is 9.81 Å². The van der Waals surface area contributed by atoms with Crippen LogP contribution in [0.2, 0.25) is 5.02 Å². The van der Waals surface area contributed by atoms with Crippen molar-refractivity contribution in [3.8, 4) is 0 Å². The van der Waals surface area contributed by atoms with E-state index in [9.17, 15) is 14.7 Å². The molecule has 0 spiro atoms. The van der Waals surface area contributed by atoms with Gasteiger partial charge in [-0.2, -0.15) is 0 Å². The van der Waals surface area contributed by atoms with Crippen LogP contribution < -0.4 is 5.22 Å². The number of methoxy groups -OCH3 is 1. The second-order valence-corrected chi connectivity index (χ2v) is 7.04. The summed E-state index contributed by atoms with van der Waals surface area (Å²) in [5.41, 5.74) is 1.11. The summed E-state index contributed by atoms with van der Waals surface area (Å²) >= 11 is 7.26. The zero-order valence-corrected chi connectivity index (χ0v) is 15.0. The maximum Gasteiger partial charge on any atom is 0.344 e. The first-order chi connectivity index (χ1) is 12.5. The number of hydrogen-bond donors (Lipinski definition) is 1. The van der Waals surface area contributed by atoms with Gasteiger partial charge in [0.1, 0.15) is 10.5 Å². The molecule has 1 aromatic heterocycles. The van der Waals surface area contributed by atoms with Crippen LogP contribution in [0.5, 0.6) is 0 Å². The Bertz CT molecular complexity index is 1210. The van der Waals surface area contributed by atoms with Gasteiger partial charge in [-0.1, -0.05) is 23.4 Å². The van der Waals surface area contributed by atoms with Crippen LogP contribution in [-0.4, -0.2) is 24.2 Å². The fraction of sp³-hybridized carbons (Fsp3) is 0.0526. The number of esters is 1. The van der Waals surface area contributed by atoms with Gasteiger partial charge in [0, 0.05) is 26.6 Å². The molecule has 0 radical (unpaired) electrons. The molecule has 0 aliphatic carbocycles. The Hall–Kier alpha value is -2.70. The van der Waals surface area contributed by atoms with Gasteiger partial charge in [-0.3, -0.25) is 0 Å². The number of ether oxygens (including phenoxy) is 1. The lowest BCUT2D eigenvalue weighted by Crippen LogP contribution is -2.19. The highest BCUT2D eigenvalue weighted by Crippen LogP contribution is 2.36. The molecule has 26 heavy (non-hydrogen) atoms. The van der Waals surface area contributed by atoms with Crippen LogP contribution >= 0.6 is 23.4 Å². The molecule has 4 rings (SSSR count). The van der Waals surface area contributed by atoms with Crippen LogP contribution in [0.1, 0.15) is 5.56 Å². The van der Waals surface area contributed by atoms with E-state index in [1.165, 1.54) is 7.11 Å². The highest BCUT2D eigenvalue weighted by atomic mass is 35.5. The molecule has 1 N–H and O–H groups in total. The molecule has 0 amide bonds. The second kappa shape index (κ2) is 6.23. The third-order valence-corrected chi connectivity index (χ3v) is 5.54. The molecule has 7 heteroatoms. The van der Waals surface area contributed by atoms with Gasteiger partial charge >= 0.3 is 11.9 Å². The van der Waals surface area contributed by atoms with E-state index in [2.05, 4.69) is 0 Å². The molecule has 0 unspecified atom stereocenters. The molecular formula is C19H11ClO5S. The summed E-state index contributed by atoms with van der Waals surface area (Å²) in [6, 6.07) is 8.98. The second-order valence-electron chi connectivity index (χ2n) is 5.58. The van der Waals surface area contributed by atoms with E-state index in [0.717, 1.165) is 22.5 Å². The molecule has 0 saturated carbocycles. The third kappa shape index (κ3) is 2.50. The van der Waals surface area contributed by atoms with E-state index in [1.54, 1.807) is 30.5 Å². The van der Waals surface area contributed by atoms with Crippen molar-refractivity contribution in [1.82, 2.24) is 0 Å². The molecule has 2 heterocycles. The van der Waals surface area contributed by atoms with Crippen LogP contribution in [0.15, 0.2) is 45.9 Å². The Morgan fingerprint density at radius 2 is 2.04 bits per heavy atom. The Morgan fingerprint density at radius 3 is 2.77 bits per heavy atom. The highest BCUT2D eigenvalue weighted by molar-refractivity contribution is 8.13. The number of rotatable bonds is 2. The Balaban J connectivity index is 2.24. The molecule has 0 saturated heterocycles. The number of carboxylic acid groups (broad SMARTS) is 1. The van der Waals surface area contributed by atoms with Crippen molar-refractivity contribution in [3.63, 3.8) is 0 Å². The van der Waals surface area contributed by atoms with Gasteiger partial charge in [0.05, 0.1) is 18.3 Å². The number of carboxylic acids is 1. The number of thioether (sulfide) groups is 1. The molecule has 130 valence electrons. The van der Waals surface area contributed by atoms with Crippen molar-refractivity contribution in [2.75, 3.05) is 7.11 Å². The first-order valence-corrected chi connectivity index (χ1v) is 8.75. The molecule has 1 aliphatic rings. The fourth-order valence-corrected chi connectivity index (χ4v) is 4.21. The molecular weight excluding hydrogens is 376 g/mol. The topological polar surface area (TPSA) is 76.7 Å². The van der Waals surface area contributed by atoms with Gasteiger partial charge in [0.25, 0.3) is 0 Å². The lowest BCUT2D eigenvalue weighted by molar-refractivity contribution is -0.135. The SMILES string of the molecule is COC(=O)C1=Cc2c(Cl)ccc3c(cc4cccoc43)c2=C(C(=O)O)S1. The number of fused-ring (bicyclic) bond motifs is 5. The van der Waals surface area contributed by atoms with Gasteiger partial charge in [0.15, 0.2) is 0 Å². The van der Waals surface area contributed by atoms with Crippen molar-refractivity contribution in [1.29, 1.82) is 0 Å². The van der Waals surface area contributed by atoms with Gasteiger partial charge in [-0.15, -0.1) is 0 Å². The fourth-order valence-electron chi connectivity index (χ4n) is 3.02. The van der Waals surface area contributed by atoms with Crippen LogP contribution in [0.3, 0.4) is 0 Å². The average Bonchev–Trinajstić information content (AvgIpc) is 2.95. The van der Waals surface area contributed by atoms with Crippen LogP contribution in [0.4, 0.5) is 0 Å². The molecule has 5 nitrogen and oxygen atoms in total. The Labute approximate surface area is 156 Å². The van der Waals surface area contributed by atoms with E-state index in [0.29, 0.717) is 26.8 Å². The van der Waals surface area contributed by atoms with Crippen molar-refractivity contribution in [2.24, 2.45) is 0 Å². The van der Waals surface area contributed by atoms with Gasteiger partial charge < -0.3 is 14.3 Å². The number of carbonyl (C=O) groups excluding carboxylic acids is 1. The van der Waals surface area contributed by atoms with Crippen LogP contribution in [0.25, 0.3) is 32.7 Å². The van der Waals surface area contributed by atoms with E-state index >= 15 is 0 Å². The van der Waals surface area contributed by atoms with Crippen LogP contribution in [-0.2, 0) is 14.3 Å². The Kier molecular flexibility index (Phi) is 4.01. The Morgan fingerprint density at radius 1 is 1.23 bits per heavy atom. The van der Waals surface area contributed by atoms with Gasteiger partial charge in [-0.25, -0.2) is 9.59 Å². The van der Waals surface area contributed by atoms with Crippen molar-refractivity contribution >= 4 is 68.0 Å². The summed E-state index contributed by atoms with van der Waals surface area (Å²) in [5.74, 6) is -1.75. The zero-order valence-electron chi connectivity index (χ0n) is 13.4. The summed E-state index contributed by atoms with van der Waals surface area (Å²) in [4.78, 5) is 24.1. The minimum absolute atomic E-state index is 0.0151. The number of aliphatic carboxylic acids is 1. The number of halogens is 1. The molecule has 3 aromatic rings. The smallest absolute Gasteiger partial charge is 0.344 e. The van der Waals surface area contributed by atoms with Crippen molar-refractivity contribution in [3.05, 3.63) is 57.3 Å². The van der Waals surface area contributed by atoms with Gasteiger partial charge in [0.2, 0.25) is 0 Å². The highest BCUT2D eigenvalue weighted by Gasteiger charge is 2.25. The molecule has 0 atom stereocenters. The van der Waals surface area contributed by atoms with Crippen molar-refractivity contribution < 1.29 is 23.8 Å². The lowest BCUT2D eigenvalue weighted by Gasteiger charge is -2.12. The summed E-state index contributed by atoms with van der Waals surface area (Å²) in [6.07, 6.45) is 3.13. The van der Waals surface area contributed by atoms with E-state index in [4.69, 9.17) is 20.8 Å². The largest absolute Gasteiger partial charge is 0.477 e. The first kappa shape index (κ1) is 16.8. The summed E-state index contributed by atoms with van der Waals surface area (Å²) in [7, 11) is 1.25. The quantitative estimate of drug-likeness (QED) is 0.671.